The van der Waals surface area contributed by atoms with Gasteiger partial charge < -0.3 is 14.7 Å². The van der Waals surface area contributed by atoms with E-state index in [1.807, 2.05) is 41.3 Å². The topological polar surface area (TPSA) is 49.8 Å². The van der Waals surface area contributed by atoms with E-state index in [0.717, 1.165) is 23.3 Å². The number of hydrogen-bond acceptors (Lipinski definition) is 4. The summed E-state index contributed by atoms with van der Waals surface area (Å²) in [4.78, 5) is 14.1. The molecule has 120 valence electrons. The van der Waals surface area contributed by atoms with E-state index >= 15 is 0 Å². The number of carbonyl (C=O) groups is 1. The number of nitrogens with zero attached hydrogens (tertiary/aromatic N) is 1. The number of methoxy groups -OCH3 is 1. The minimum Gasteiger partial charge on any atom is -0.508 e. The number of rotatable bonds is 5. The van der Waals surface area contributed by atoms with Gasteiger partial charge in [-0.05, 0) is 41.8 Å². The SMILES string of the molecule is COc1cccc(C2SCC(=O)N2CCc2ccc(O)cc2)c1. The quantitative estimate of drug-likeness (QED) is 0.915. The van der Waals surface area contributed by atoms with Gasteiger partial charge in [0.05, 0.1) is 12.9 Å². The van der Waals surface area contributed by atoms with Gasteiger partial charge >= 0.3 is 0 Å². The Balaban J connectivity index is 1.73. The Hall–Kier alpha value is -2.14. The predicted molar refractivity (Wildman–Crippen MR) is 91.7 cm³/mol. The minimum atomic E-state index is 0.0368. The zero-order valence-electron chi connectivity index (χ0n) is 12.9. The molecule has 2 aromatic rings. The van der Waals surface area contributed by atoms with Crippen LogP contribution in [0, 0.1) is 0 Å². The van der Waals surface area contributed by atoms with Gasteiger partial charge in [-0.1, -0.05) is 24.3 Å². The first kappa shape index (κ1) is 15.7. The van der Waals surface area contributed by atoms with Crippen molar-refractivity contribution in [3.8, 4) is 11.5 Å². The van der Waals surface area contributed by atoms with Gasteiger partial charge in [0.25, 0.3) is 0 Å². The number of thioether (sulfide) groups is 1. The lowest BCUT2D eigenvalue weighted by Gasteiger charge is -2.24. The largest absolute Gasteiger partial charge is 0.508 e. The molecule has 1 aliphatic rings. The van der Waals surface area contributed by atoms with Crippen molar-refractivity contribution >= 4 is 17.7 Å². The van der Waals surface area contributed by atoms with Crippen molar-refractivity contribution in [3.63, 3.8) is 0 Å². The lowest BCUT2D eigenvalue weighted by Crippen LogP contribution is -2.30. The van der Waals surface area contributed by atoms with Crippen LogP contribution in [-0.2, 0) is 11.2 Å². The summed E-state index contributed by atoms with van der Waals surface area (Å²) >= 11 is 1.65. The molecule has 1 saturated heterocycles. The molecule has 1 heterocycles. The van der Waals surface area contributed by atoms with Crippen LogP contribution >= 0.6 is 11.8 Å². The van der Waals surface area contributed by atoms with E-state index in [0.29, 0.717) is 12.3 Å². The Morgan fingerprint density at radius 3 is 2.78 bits per heavy atom. The highest BCUT2D eigenvalue weighted by Gasteiger charge is 2.32. The lowest BCUT2D eigenvalue weighted by molar-refractivity contribution is -0.128. The third kappa shape index (κ3) is 3.62. The number of phenolic OH excluding ortho intramolecular Hbond substituents is 1. The number of amides is 1. The summed E-state index contributed by atoms with van der Waals surface area (Å²) in [6.45, 7) is 0.665. The zero-order valence-corrected chi connectivity index (χ0v) is 13.8. The summed E-state index contributed by atoms with van der Waals surface area (Å²) in [5.74, 6) is 1.75. The number of carbonyl (C=O) groups excluding carboxylic acids is 1. The molecular formula is C18H19NO3S. The fraction of sp³-hybridized carbons (Fsp3) is 0.278. The molecule has 2 aromatic carbocycles. The maximum Gasteiger partial charge on any atom is 0.233 e. The van der Waals surface area contributed by atoms with Crippen molar-refractivity contribution in [2.45, 2.75) is 11.8 Å². The van der Waals surface area contributed by atoms with E-state index in [1.54, 1.807) is 31.0 Å². The fourth-order valence-electron chi connectivity index (χ4n) is 2.68. The van der Waals surface area contributed by atoms with Gasteiger partial charge in [-0.25, -0.2) is 0 Å². The maximum atomic E-state index is 12.2. The average molecular weight is 329 g/mol. The van der Waals surface area contributed by atoms with Crippen molar-refractivity contribution in [2.75, 3.05) is 19.4 Å². The summed E-state index contributed by atoms with van der Waals surface area (Å²) in [5, 5.41) is 9.38. The fourth-order valence-corrected chi connectivity index (χ4v) is 3.89. The van der Waals surface area contributed by atoms with E-state index in [2.05, 4.69) is 0 Å². The van der Waals surface area contributed by atoms with E-state index in [4.69, 9.17) is 4.74 Å². The Morgan fingerprint density at radius 1 is 1.26 bits per heavy atom. The van der Waals surface area contributed by atoms with Crippen molar-refractivity contribution in [3.05, 3.63) is 59.7 Å². The highest BCUT2D eigenvalue weighted by molar-refractivity contribution is 8.00. The van der Waals surface area contributed by atoms with Gasteiger partial charge in [-0.3, -0.25) is 4.79 Å². The van der Waals surface area contributed by atoms with Crippen LogP contribution in [0.2, 0.25) is 0 Å². The molecular weight excluding hydrogens is 310 g/mol. The number of hydrogen-bond donors (Lipinski definition) is 1. The zero-order chi connectivity index (χ0) is 16.2. The van der Waals surface area contributed by atoms with Crippen LogP contribution in [0.4, 0.5) is 0 Å². The first-order valence-electron chi connectivity index (χ1n) is 7.50. The molecule has 0 spiro atoms. The third-order valence-electron chi connectivity index (χ3n) is 3.92. The van der Waals surface area contributed by atoms with E-state index < -0.39 is 0 Å². The molecule has 1 atom stereocenters. The number of benzene rings is 2. The van der Waals surface area contributed by atoms with Crippen LogP contribution in [0.25, 0.3) is 0 Å². The Labute approximate surface area is 140 Å². The number of phenols is 1. The third-order valence-corrected chi connectivity index (χ3v) is 5.18. The van der Waals surface area contributed by atoms with Gasteiger partial charge in [-0.15, -0.1) is 11.8 Å². The molecule has 0 radical (unpaired) electrons. The summed E-state index contributed by atoms with van der Waals surface area (Å²) < 4.78 is 5.28. The maximum absolute atomic E-state index is 12.2. The van der Waals surface area contributed by atoms with Gasteiger partial charge in [-0.2, -0.15) is 0 Å². The Morgan fingerprint density at radius 2 is 2.04 bits per heavy atom. The molecule has 0 bridgehead atoms. The standard InChI is InChI=1S/C18H19NO3S/c1-22-16-4-2-3-14(11-16)18-19(17(21)12-23-18)10-9-13-5-7-15(20)8-6-13/h2-8,11,18,20H,9-10,12H2,1H3. The van der Waals surface area contributed by atoms with Crippen LogP contribution in [0.5, 0.6) is 11.5 Å². The minimum absolute atomic E-state index is 0.0368. The second-order valence-corrected chi connectivity index (χ2v) is 6.51. The molecule has 1 fully saturated rings. The summed E-state index contributed by atoms with van der Waals surface area (Å²) in [7, 11) is 1.65. The lowest BCUT2D eigenvalue weighted by atomic mass is 10.1. The summed E-state index contributed by atoms with van der Waals surface area (Å²) in [6, 6.07) is 15.0. The molecule has 0 aromatic heterocycles. The van der Waals surface area contributed by atoms with E-state index in [-0.39, 0.29) is 17.0 Å². The van der Waals surface area contributed by atoms with Crippen molar-refractivity contribution in [2.24, 2.45) is 0 Å². The van der Waals surface area contributed by atoms with Gasteiger partial charge in [0.1, 0.15) is 16.9 Å². The molecule has 1 N–H and O–H groups in total. The van der Waals surface area contributed by atoms with Crippen molar-refractivity contribution in [1.29, 1.82) is 0 Å². The molecule has 1 aliphatic heterocycles. The molecule has 3 rings (SSSR count). The highest BCUT2D eigenvalue weighted by atomic mass is 32.2. The van der Waals surface area contributed by atoms with Crippen LogP contribution in [0.1, 0.15) is 16.5 Å². The highest BCUT2D eigenvalue weighted by Crippen LogP contribution is 2.39. The average Bonchev–Trinajstić information content (AvgIpc) is 2.95. The summed E-state index contributed by atoms with van der Waals surface area (Å²) in [6.07, 6.45) is 0.771. The Bertz CT molecular complexity index is 687. The van der Waals surface area contributed by atoms with Gasteiger partial charge in [0.2, 0.25) is 5.91 Å². The van der Waals surface area contributed by atoms with E-state index in [1.165, 1.54) is 0 Å². The summed E-state index contributed by atoms with van der Waals surface area (Å²) in [5.41, 5.74) is 2.20. The molecule has 1 unspecified atom stereocenters. The second kappa shape index (κ2) is 6.96. The van der Waals surface area contributed by atoms with Gasteiger partial charge in [0, 0.05) is 6.54 Å². The second-order valence-electron chi connectivity index (χ2n) is 5.44. The predicted octanol–water partition coefficient (Wildman–Crippen LogP) is 3.22. The molecule has 4 nitrogen and oxygen atoms in total. The van der Waals surface area contributed by atoms with Crippen LogP contribution in [0.3, 0.4) is 0 Å². The normalized spacial score (nSPS) is 17.5. The first-order chi connectivity index (χ1) is 11.2. The molecule has 23 heavy (non-hydrogen) atoms. The smallest absolute Gasteiger partial charge is 0.233 e. The van der Waals surface area contributed by atoms with Crippen molar-refractivity contribution < 1.29 is 14.6 Å². The van der Waals surface area contributed by atoms with E-state index in [9.17, 15) is 9.90 Å². The van der Waals surface area contributed by atoms with Crippen molar-refractivity contribution in [1.82, 2.24) is 4.90 Å². The molecule has 0 aliphatic carbocycles. The molecule has 5 heteroatoms. The monoisotopic (exact) mass is 329 g/mol. The van der Waals surface area contributed by atoms with Crippen LogP contribution in [0.15, 0.2) is 48.5 Å². The first-order valence-corrected chi connectivity index (χ1v) is 8.55. The Kier molecular flexibility index (Phi) is 4.76. The van der Waals surface area contributed by atoms with Crippen LogP contribution in [-0.4, -0.2) is 35.3 Å². The number of ether oxygens (including phenoxy) is 1. The number of aromatic hydroxyl groups is 1. The van der Waals surface area contributed by atoms with Gasteiger partial charge in [0.15, 0.2) is 0 Å². The molecule has 1 amide bonds. The van der Waals surface area contributed by atoms with Crippen LogP contribution < -0.4 is 4.74 Å². The molecule has 0 saturated carbocycles.